The predicted octanol–water partition coefficient (Wildman–Crippen LogP) is 1.78. The van der Waals surface area contributed by atoms with Gasteiger partial charge in [-0.05, 0) is 6.07 Å². The second-order valence-electron chi connectivity index (χ2n) is 3.88. The van der Waals surface area contributed by atoms with Crippen LogP contribution in [0.2, 0.25) is 0 Å². The molecular weight excluding hydrogens is 258 g/mol. The zero-order valence-electron chi connectivity index (χ0n) is 9.46. The smallest absolute Gasteiger partial charge is 0.265 e. The number of benzene rings is 1. The maximum absolute atomic E-state index is 10.7. The Balaban J connectivity index is 2.21. The quantitative estimate of drug-likeness (QED) is 0.681. The average molecular weight is 272 g/mol. The number of hydrogen-bond acceptors (Lipinski definition) is 3. The molecule has 2 aromatic rings. The maximum atomic E-state index is 10.7. The number of nitrogens with zero attached hydrogens (tertiary/aromatic N) is 1. The number of thiazole rings is 1. The van der Waals surface area contributed by atoms with E-state index in [0.29, 0.717) is 13.0 Å². The molecule has 0 aliphatic heterocycles. The van der Waals surface area contributed by atoms with Crippen LogP contribution in [0.25, 0.3) is 10.2 Å². The van der Waals surface area contributed by atoms with Crippen molar-refractivity contribution in [3.63, 3.8) is 0 Å². The first-order chi connectivity index (χ1) is 7.97. The number of aryl methyl sites for hydroxylation is 2. The fraction of sp³-hybridized carbons (Fsp3) is 0.364. The van der Waals surface area contributed by atoms with Gasteiger partial charge in [0.25, 0.3) is 10.1 Å². The summed E-state index contributed by atoms with van der Waals surface area (Å²) in [7, 11) is -3.85. The Morgan fingerprint density at radius 3 is 2.76 bits per heavy atom. The zero-order chi connectivity index (χ0) is 12.5. The van der Waals surface area contributed by atoms with Gasteiger partial charge < -0.3 is 0 Å². The molecule has 0 bridgehead atoms. The summed E-state index contributed by atoms with van der Waals surface area (Å²) in [6.45, 7) is 2.62. The van der Waals surface area contributed by atoms with Crippen molar-refractivity contribution < 1.29 is 17.5 Å². The first-order valence-electron chi connectivity index (χ1n) is 5.30. The molecule has 17 heavy (non-hydrogen) atoms. The van der Waals surface area contributed by atoms with Crippen LogP contribution in [-0.2, 0) is 16.7 Å². The summed E-state index contributed by atoms with van der Waals surface area (Å²) in [5, 5.41) is 1.14. The zero-order valence-corrected chi connectivity index (χ0v) is 11.1. The first-order valence-corrected chi connectivity index (χ1v) is 7.73. The molecular formula is C11H14NO3S2+. The monoisotopic (exact) mass is 272 g/mol. The van der Waals surface area contributed by atoms with Crippen molar-refractivity contribution >= 4 is 31.7 Å². The summed E-state index contributed by atoms with van der Waals surface area (Å²) < 4.78 is 33.3. The van der Waals surface area contributed by atoms with E-state index >= 15 is 0 Å². The Morgan fingerprint density at radius 2 is 2.06 bits per heavy atom. The van der Waals surface area contributed by atoms with Crippen molar-refractivity contribution in [3.05, 3.63) is 29.3 Å². The van der Waals surface area contributed by atoms with Crippen molar-refractivity contribution in [2.75, 3.05) is 5.75 Å². The van der Waals surface area contributed by atoms with Gasteiger partial charge in [0.2, 0.25) is 10.5 Å². The van der Waals surface area contributed by atoms with Gasteiger partial charge in [0.05, 0.1) is 5.75 Å². The van der Waals surface area contributed by atoms with Gasteiger partial charge in [0.1, 0.15) is 4.70 Å². The van der Waals surface area contributed by atoms with E-state index < -0.39 is 10.1 Å². The van der Waals surface area contributed by atoms with E-state index in [1.54, 1.807) is 11.3 Å². The highest BCUT2D eigenvalue weighted by Gasteiger charge is 2.17. The highest BCUT2D eigenvalue weighted by molar-refractivity contribution is 7.85. The fourth-order valence-electron chi connectivity index (χ4n) is 1.83. The number of rotatable bonds is 4. The molecule has 0 atom stereocenters. The maximum Gasteiger partial charge on any atom is 0.265 e. The minimum absolute atomic E-state index is 0.191. The van der Waals surface area contributed by atoms with Gasteiger partial charge in [0.15, 0.2) is 6.54 Å². The molecule has 92 valence electrons. The van der Waals surface area contributed by atoms with E-state index in [1.807, 2.05) is 31.2 Å². The Kier molecular flexibility index (Phi) is 3.46. The molecule has 0 amide bonds. The SMILES string of the molecule is Cc1sc2ccccc2[n+]1CCCS(=O)(=O)O. The summed E-state index contributed by atoms with van der Waals surface area (Å²) in [5.74, 6) is -0.191. The van der Waals surface area contributed by atoms with E-state index in [0.717, 1.165) is 10.5 Å². The van der Waals surface area contributed by atoms with Crippen LogP contribution in [0.3, 0.4) is 0 Å². The molecule has 0 spiro atoms. The molecule has 0 saturated heterocycles. The largest absolute Gasteiger partial charge is 0.286 e. The molecule has 1 heterocycles. The van der Waals surface area contributed by atoms with Gasteiger partial charge >= 0.3 is 0 Å². The second-order valence-corrected chi connectivity index (χ2v) is 6.69. The van der Waals surface area contributed by atoms with Crippen LogP contribution in [0.5, 0.6) is 0 Å². The van der Waals surface area contributed by atoms with Crippen LogP contribution >= 0.6 is 11.3 Å². The molecule has 0 radical (unpaired) electrons. The van der Waals surface area contributed by atoms with Crippen molar-refractivity contribution in [2.45, 2.75) is 19.9 Å². The molecule has 0 saturated carbocycles. The molecule has 2 rings (SSSR count). The average Bonchev–Trinajstić information content (AvgIpc) is 2.54. The fourth-order valence-corrected chi connectivity index (χ4v) is 3.37. The molecule has 0 aliphatic carbocycles. The highest BCUT2D eigenvalue weighted by Crippen LogP contribution is 2.19. The number of hydrogen-bond donors (Lipinski definition) is 1. The number of fused-ring (bicyclic) bond motifs is 1. The van der Waals surface area contributed by atoms with Crippen molar-refractivity contribution in [1.29, 1.82) is 0 Å². The Morgan fingerprint density at radius 1 is 1.35 bits per heavy atom. The summed E-state index contributed by atoms with van der Waals surface area (Å²) in [4.78, 5) is 0. The molecule has 4 nitrogen and oxygen atoms in total. The van der Waals surface area contributed by atoms with E-state index in [9.17, 15) is 8.42 Å². The third-order valence-corrected chi connectivity index (χ3v) is 4.46. The summed E-state index contributed by atoms with van der Waals surface area (Å²) in [6.07, 6.45) is 0.422. The van der Waals surface area contributed by atoms with Gasteiger partial charge in [-0.3, -0.25) is 4.55 Å². The van der Waals surface area contributed by atoms with Gasteiger partial charge in [0, 0.05) is 19.4 Å². The summed E-state index contributed by atoms with van der Waals surface area (Å²) in [6, 6.07) is 8.02. The lowest BCUT2D eigenvalue weighted by Crippen LogP contribution is -2.35. The molecule has 6 heteroatoms. The first kappa shape index (κ1) is 12.5. The molecule has 0 fully saturated rings. The van der Waals surface area contributed by atoms with Crippen LogP contribution in [0.4, 0.5) is 0 Å². The van der Waals surface area contributed by atoms with Crippen molar-refractivity contribution in [3.8, 4) is 0 Å². The Bertz CT molecular complexity index is 631. The Hall–Kier alpha value is -0.980. The van der Waals surface area contributed by atoms with E-state index in [-0.39, 0.29) is 5.75 Å². The lowest BCUT2D eigenvalue weighted by Gasteiger charge is -1.96. The van der Waals surface area contributed by atoms with Gasteiger partial charge in [-0.15, -0.1) is 0 Å². The summed E-state index contributed by atoms with van der Waals surface area (Å²) in [5.41, 5.74) is 1.12. The standard InChI is InChI=1S/C11H13NO3S2/c1-9-12(7-4-8-17(13,14)15)10-5-2-3-6-11(10)16-9/h2-3,5-6H,4,7-8H2,1H3/p+1. The van der Waals surface area contributed by atoms with E-state index in [2.05, 4.69) is 4.57 Å². The Labute approximate surface area is 104 Å². The van der Waals surface area contributed by atoms with Gasteiger partial charge in [-0.1, -0.05) is 23.5 Å². The molecule has 0 aliphatic rings. The van der Waals surface area contributed by atoms with Gasteiger partial charge in [-0.25, -0.2) is 0 Å². The molecule has 0 unspecified atom stereocenters. The highest BCUT2D eigenvalue weighted by atomic mass is 32.2. The van der Waals surface area contributed by atoms with Gasteiger partial charge in [-0.2, -0.15) is 13.0 Å². The molecule has 1 aromatic carbocycles. The number of aromatic nitrogens is 1. The van der Waals surface area contributed by atoms with Crippen molar-refractivity contribution in [2.24, 2.45) is 0 Å². The normalized spacial score (nSPS) is 12.1. The lowest BCUT2D eigenvalue weighted by atomic mass is 10.3. The third-order valence-electron chi connectivity index (χ3n) is 2.58. The second kappa shape index (κ2) is 4.72. The van der Waals surface area contributed by atoms with E-state index in [4.69, 9.17) is 4.55 Å². The van der Waals surface area contributed by atoms with E-state index in [1.165, 1.54) is 4.70 Å². The molecule has 1 N–H and O–H groups in total. The number of para-hydroxylation sites is 1. The summed E-state index contributed by atoms with van der Waals surface area (Å²) >= 11 is 1.69. The minimum atomic E-state index is -3.85. The van der Waals surface area contributed by atoms with Crippen LogP contribution in [0.1, 0.15) is 11.4 Å². The lowest BCUT2D eigenvalue weighted by molar-refractivity contribution is -0.672. The minimum Gasteiger partial charge on any atom is -0.286 e. The van der Waals surface area contributed by atoms with Crippen LogP contribution in [0.15, 0.2) is 24.3 Å². The molecule has 1 aromatic heterocycles. The topological polar surface area (TPSA) is 58.2 Å². The van der Waals surface area contributed by atoms with Crippen LogP contribution in [-0.4, -0.2) is 18.7 Å². The van der Waals surface area contributed by atoms with Crippen molar-refractivity contribution in [1.82, 2.24) is 0 Å². The third kappa shape index (κ3) is 3.02. The van der Waals surface area contributed by atoms with Crippen LogP contribution < -0.4 is 4.57 Å². The van der Waals surface area contributed by atoms with Crippen LogP contribution in [0, 0.1) is 6.92 Å². The predicted molar refractivity (Wildman–Crippen MR) is 67.8 cm³/mol.